The van der Waals surface area contributed by atoms with Crippen molar-refractivity contribution in [3.8, 4) is 0 Å². The monoisotopic (exact) mass is 352 g/mol. The second-order valence-corrected chi connectivity index (χ2v) is 7.08. The lowest BCUT2D eigenvalue weighted by molar-refractivity contribution is -0.131. The molecule has 1 fully saturated rings. The van der Waals surface area contributed by atoms with Crippen molar-refractivity contribution in [1.29, 1.82) is 0 Å². The normalized spacial score (nSPS) is 20.0. The van der Waals surface area contributed by atoms with Crippen LogP contribution in [0.15, 0.2) is 28.7 Å². The van der Waals surface area contributed by atoms with Gasteiger partial charge in [-0.25, -0.2) is 0 Å². The average molecular weight is 353 g/mol. The summed E-state index contributed by atoms with van der Waals surface area (Å²) in [4.78, 5) is 14.2. The van der Waals surface area contributed by atoms with E-state index in [9.17, 15) is 4.79 Å². The number of benzene rings is 1. The van der Waals surface area contributed by atoms with E-state index in [4.69, 9.17) is 0 Å². The minimum Gasteiger partial charge on any atom is -0.341 e. The number of nitrogens with one attached hydrogen (secondary N) is 1. The fourth-order valence-electron chi connectivity index (χ4n) is 2.91. The lowest BCUT2D eigenvalue weighted by Crippen LogP contribution is -2.36. The number of carbonyl (C=O) groups excluding carboxylic acids is 1. The molecular formula is C17H25BrN2O. The van der Waals surface area contributed by atoms with Crippen LogP contribution in [-0.4, -0.2) is 30.9 Å². The predicted molar refractivity (Wildman–Crippen MR) is 90.0 cm³/mol. The van der Waals surface area contributed by atoms with Gasteiger partial charge in [0.05, 0.1) is 0 Å². The summed E-state index contributed by atoms with van der Waals surface area (Å²) in [5.74, 6) is 1.34. The zero-order valence-electron chi connectivity index (χ0n) is 12.9. The summed E-state index contributed by atoms with van der Waals surface area (Å²) in [6.07, 6.45) is 3.13. The highest BCUT2D eigenvalue weighted by atomic mass is 79.9. The third-order valence-corrected chi connectivity index (χ3v) is 4.92. The summed E-state index contributed by atoms with van der Waals surface area (Å²) in [7, 11) is 1.90. The minimum atomic E-state index is 0.246. The van der Waals surface area contributed by atoms with Gasteiger partial charge in [-0.3, -0.25) is 4.79 Å². The van der Waals surface area contributed by atoms with E-state index in [1.54, 1.807) is 0 Å². The Hall–Kier alpha value is -0.870. The standard InChI is InChI=1S/C17H25BrN2O/c1-13(15-4-3-9-19-11-15)10-17(21)20(2)12-14-5-7-16(18)8-6-14/h5-8,13,15,19H,3-4,9-12H2,1-2H3. The smallest absolute Gasteiger partial charge is 0.222 e. The van der Waals surface area contributed by atoms with Crippen molar-refractivity contribution in [1.82, 2.24) is 10.2 Å². The molecule has 0 aromatic heterocycles. The van der Waals surface area contributed by atoms with Crippen LogP contribution in [0.2, 0.25) is 0 Å². The van der Waals surface area contributed by atoms with Crippen molar-refractivity contribution < 1.29 is 4.79 Å². The van der Waals surface area contributed by atoms with Crippen LogP contribution in [-0.2, 0) is 11.3 Å². The molecule has 0 aliphatic carbocycles. The molecule has 1 heterocycles. The van der Waals surface area contributed by atoms with Crippen LogP contribution in [0.1, 0.15) is 31.7 Å². The van der Waals surface area contributed by atoms with E-state index < -0.39 is 0 Å². The molecule has 1 aliphatic heterocycles. The van der Waals surface area contributed by atoms with E-state index in [-0.39, 0.29) is 5.91 Å². The van der Waals surface area contributed by atoms with Crippen LogP contribution in [0, 0.1) is 11.8 Å². The van der Waals surface area contributed by atoms with Gasteiger partial charge in [-0.1, -0.05) is 35.0 Å². The van der Waals surface area contributed by atoms with Gasteiger partial charge in [-0.05, 0) is 55.5 Å². The Morgan fingerprint density at radius 1 is 1.43 bits per heavy atom. The van der Waals surface area contributed by atoms with Crippen LogP contribution in [0.5, 0.6) is 0 Å². The summed E-state index contributed by atoms with van der Waals surface area (Å²) in [6.45, 7) is 5.08. The third-order valence-electron chi connectivity index (χ3n) is 4.40. The topological polar surface area (TPSA) is 32.3 Å². The number of rotatable bonds is 5. The molecule has 21 heavy (non-hydrogen) atoms. The summed E-state index contributed by atoms with van der Waals surface area (Å²) < 4.78 is 1.07. The molecule has 1 saturated heterocycles. The summed E-state index contributed by atoms with van der Waals surface area (Å²) in [6, 6.07) is 8.15. The Kier molecular flexibility index (Phi) is 6.24. The van der Waals surface area contributed by atoms with Crippen LogP contribution in [0.4, 0.5) is 0 Å². The van der Waals surface area contributed by atoms with Crippen LogP contribution >= 0.6 is 15.9 Å². The van der Waals surface area contributed by atoms with Gasteiger partial charge >= 0.3 is 0 Å². The van der Waals surface area contributed by atoms with Crippen LogP contribution in [0.25, 0.3) is 0 Å². The zero-order valence-corrected chi connectivity index (χ0v) is 14.5. The molecule has 0 radical (unpaired) electrons. The van der Waals surface area contributed by atoms with Crippen molar-refractivity contribution in [2.45, 2.75) is 32.7 Å². The fraction of sp³-hybridized carbons (Fsp3) is 0.588. The molecule has 1 aromatic rings. The van der Waals surface area contributed by atoms with E-state index >= 15 is 0 Å². The maximum atomic E-state index is 12.4. The van der Waals surface area contributed by atoms with Gasteiger partial charge in [-0.15, -0.1) is 0 Å². The Bertz CT molecular complexity index is 454. The number of piperidine rings is 1. The first kappa shape index (κ1) is 16.5. The Morgan fingerprint density at radius 3 is 2.76 bits per heavy atom. The Balaban J connectivity index is 1.82. The molecule has 4 heteroatoms. The average Bonchev–Trinajstić information content (AvgIpc) is 2.50. The van der Waals surface area contributed by atoms with E-state index in [0.717, 1.165) is 17.6 Å². The maximum Gasteiger partial charge on any atom is 0.222 e. The fourth-order valence-corrected chi connectivity index (χ4v) is 3.18. The van der Waals surface area contributed by atoms with Crippen molar-refractivity contribution in [2.75, 3.05) is 20.1 Å². The van der Waals surface area contributed by atoms with Crippen molar-refractivity contribution >= 4 is 21.8 Å². The molecule has 0 bridgehead atoms. The number of hydrogen-bond donors (Lipinski definition) is 1. The molecule has 3 nitrogen and oxygen atoms in total. The summed E-state index contributed by atoms with van der Waals surface area (Å²) in [5, 5.41) is 3.43. The summed E-state index contributed by atoms with van der Waals surface area (Å²) >= 11 is 3.43. The van der Waals surface area contributed by atoms with Crippen molar-refractivity contribution in [2.24, 2.45) is 11.8 Å². The highest BCUT2D eigenvalue weighted by Gasteiger charge is 2.23. The molecule has 1 aliphatic rings. The van der Waals surface area contributed by atoms with Gasteiger partial charge in [-0.2, -0.15) is 0 Å². The van der Waals surface area contributed by atoms with Gasteiger partial charge < -0.3 is 10.2 Å². The molecule has 0 saturated carbocycles. The van der Waals surface area contributed by atoms with E-state index in [2.05, 4.69) is 40.3 Å². The Labute approximate surface area is 136 Å². The first-order valence-corrected chi connectivity index (χ1v) is 8.54. The first-order valence-electron chi connectivity index (χ1n) is 7.75. The second kappa shape index (κ2) is 7.95. The van der Waals surface area contributed by atoms with E-state index in [0.29, 0.717) is 24.8 Å². The number of hydrogen-bond acceptors (Lipinski definition) is 2. The highest BCUT2D eigenvalue weighted by Crippen LogP contribution is 2.23. The highest BCUT2D eigenvalue weighted by molar-refractivity contribution is 9.10. The molecule has 116 valence electrons. The van der Waals surface area contributed by atoms with Gasteiger partial charge in [0.1, 0.15) is 0 Å². The van der Waals surface area contributed by atoms with Gasteiger partial charge in [0.2, 0.25) is 5.91 Å². The SMILES string of the molecule is CC(CC(=O)N(C)Cc1ccc(Br)cc1)C1CCCNC1. The molecule has 2 unspecified atom stereocenters. The quantitative estimate of drug-likeness (QED) is 0.880. The molecule has 1 N–H and O–H groups in total. The largest absolute Gasteiger partial charge is 0.341 e. The van der Waals surface area contributed by atoms with Crippen LogP contribution < -0.4 is 5.32 Å². The van der Waals surface area contributed by atoms with E-state index in [1.165, 1.54) is 18.4 Å². The Morgan fingerprint density at radius 2 is 2.14 bits per heavy atom. The van der Waals surface area contributed by atoms with E-state index in [1.807, 2.05) is 24.1 Å². The second-order valence-electron chi connectivity index (χ2n) is 6.16. The number of nitrogens with zero attached hydrogens (tertiary/aromatic N) is 1. The first-order chi connectivity index (χ1) is 10.1. The summed E-state index contributed by atoms with van der Waals surface area (Å²) in [5.41, 5.74) is 1.17. The van der Waals surface area contributed by atoms with Crippen LogP contribution in [0.3, 0.4) is 0 Å². The van der Waals surface area contributed by atoms with Crippen molar-refractivity contribution in [3.05, 3.63) is 34.3 Å². The molecule has 0 spiro atoms. The van der Waals surface area contributed by atoms with Gasteiger partial charge in [0, 0.05) is 24.5 Å². The molecule has 1 amide bonds. The van der Waals surface area contributed by atoms with Gasteiger partial charge in [0.25, 0.3) is 0 Å². The molecule has 2 atom stereocenters. The minimum absolute atomic E-state index is 0.246. The zero-order chi connectivity index (χ0) is 15.2. The lowest BCUT2D eigenvalue weighted by Gasteiger charge is -2.29. The molecule has 2 rings (SSSR count). The number of carbonyl (C=O) groups is 1. The van der Waals surface area contributed by atoms with Gasteiger partial charge in [0.15, 0.2) is 0 Å². The lowest BCUT2D eigenvalue weighted by atomic mass is 9.85. The third kappa shape index (κ3) is 5.11. The predicted octanol–water partition coefficient (Wildman–Crippen LogP) is 3.43. The number of halogens is 1. The number of amides is 1. The molecular weight excluding hydrogens is 328 g/mol. The van der Waals surface area contributed by atoms with Crippen molar-refractivity contribution in [3.63, 3.8) is 0 Å². The molecule has 1 aromatic carbocycles. The maximum absolute atomic E-state index is 12.4.